The number of hydrogen-bond donors (Lipinski definition) is 1. The maximum Gasteiger partial charge on any atom is 0.228 e. The maximum atomic E-state index is 16.6. The van der Waals surface area contributed by atoms with E-state index in [0.717, 1.165) is 30.3 Å². The van der Waals surface area contributed by atoms with Crippen LogP contribution in [0, 0.1) is 5.82 Å². The van der Waals surface area contributed by atoms with Crippen LogP contribution in [-0.2, 0) is 4.79 Å². The molecule has 2 fully saturated rings. The minimum atomic E-state index is -0.552. The van der Waals surface area contributed by atoms with Gasteiger partial charge in [-0.3, -0.25) is 4.79 Å². The number of carbonyl (C=O) groups excluding carboxylic acids is 1. The first-order valence-corrected chi connectivity index (χ1v) is 13.0. The lowest BCUT2D eigenvalue weighted by atomic mass is 9.96. The summed E-state index contributed by atoms with van der Waals surface area (Å²) >= 11 is 6.78. The summed E-state index contributed by atoms with van der Waals surface area (Å²) in [4.78, 5) is 28.8. The second kappa shape index (κ2) is 9.56. The average molecular weight is 535 g/mol. The van der Waals surface area contributed by atoms with Crippen molar-refractivity contribution in [3.05, 3.63) is 53.3 Å². The molecule has 4 aromatic rings. The van der Waals surface area contributed by atoms with Crippen LogP contribution in [0.3, 0.4) is 0 Å². The number of aromatic hydroxyl groups is 1. The third-order valence-electron chi connectivity index (χ3n) is 7.61. The number of amides is 1. The smallest absolute Gasteiger partial charge is 0.228 e. The van der Waals surface area contributed by atoms with Gasteiger partial charge in [-0.15, -0.1) is 0 Å². The number of aromatic nitrogens is 2. The van der Waals surface area contributed by atoms with E-state index in [2.05, 4.69) is 9.80 Å². The van der Waals surface area contributed by atoms with Gasteiger partial charge in [-0.1, -0.05) is 35.9 Å². The molecule has 0 bridgehead atoms. The van der Waals surface area contributed by atoms with Gasteiger partial charge in [0.05, 0.1) is 5.02 Å². The molecule has 10 heteroatoms. The first-order chi connectivity index (χ1) is 18.3. The molecule has 38 heavy (non-hydrogen) atoms. The summed E-state index contributed by atoms with van der Waals surface area (Å²) in [7, 11) is 4.07. The fraction of sp³-hybridized carbons (Fsp3) is 0.321. The Balaban J connectivity index is 1.54. The van der Waals surface area contributed by atoms with E-state index in [1.807, 2.05) is 43.3 Å². The summed E-state index contributed by atoms with van der Waals surface area (Å²) in [5.74, 6) is 0.555. The minimum Gasteiger partial charge on any atom is -0.508 e. The lowest BCUT2D eigenvalue weighted by molar-refractivity contribution is -0.118. The molecule has 0 atom stereocenters. The van der Waals surface area contributed by atoms with Crippen LogP contribution in [0.1, 0.15) is 0 Å². The molecule has 8 nitrogen and oxygen atoms in total. The Kier molecular flexibility index (Phi) is 6.20. The third kappa shape index (κ3) is 4.16. The van der Waals surface area contributed by atoms with Crippen molar-refractivity contribution >= 4 is 51.5 Å². The van der Waals surface area contributed by atoms with E-state index in [1.54, 1.807) is 17.0 Å². The molecule has 6 rings (SSSR count). The van der Waals surface area contributed by atoms with Crippen LogP contribution < -0.4 is 9.80 Å². The van der Waals surface area contributed by atoms with Crippen molar-refractivity contribution in [2.24, 2.45) is 0 Å². The largest absolute Gasteiger partial charge is 0.508 e. The van der Waals surface area contributed by atoms with Crippen molar-refractivity contribution in [1.82, 2.24) is 19.8 Å². The number of anilines is 2. The number of benzene rings is 3. The van der Waals surface area contributed by atoms with E-state index in [9.17, 15) is 9.90 Å². The third-order valence-corrected chi connectivity index (χ3v) is 7.90. The maximum absolute atomic E-state index is 16.6. The molecule has 1 amide bonds. The molecule has 0 spiro atoms. The summed E-state index contributed by atoms with van der Waals surface area (Å²) in [6.45, 7) is 3.75. The number of rotatable bonds is 5. The Morgan fingerprint density at radius 1 is 1.03 bits per heavy atom. The van der Waals surface area contributed by atoms with Crippen LogP contribution in [0.4, 0.5) is 16.2 Å². The van der Waals surface area contributed by atoms with Crippen LogP contribution in [0.2, 0.25) is 5.02 Å². The second-order valence-electron chi connectivity index (χ2n) is 10.2. The van der Waals surface area contributed by atoms with Crippen molar-refractivity contribution in [2.75, 3.05) is 63.2 Å². The number of nitrogens with zero attached hydrogens (tertiary/aromatic N) is 6. The van der Waals surface area contributed by atoms with Crippen molar-refractivity contribution < 1.29 is 14.3 Å². The minimum absolute atomic E-state index is 0.0293. The van der Waals surface area contributed by atoms with Gasteiger partial charge < -0.3 is 24.7 Å². The summed E-state index contributed by atoms with van der Waals surface area (Å²) in [5.41, 5.74) is 0.883. The molecule has 0 saturated carbocycles. The van der Waals surface area contributed by atoms with Crippen molar-refractivity contribution in [2.45, 2.75) is 6.04 Å². The zero-order chi connectivity index (χ0) is 26.6. The highest BCUT2D eigenvalue weighted by Crippen LogP contribution is 2.42. The van der Waals surface area contributed by atoms with Gasteiger partial charge in [0.2, 0.25) is 12.4 Å². The topological polar surface area (TPSA) is 76.0 Å². The average Bonchev–Trinajstić information content (AvgIpc) is 2.87. The molecule has 0 radical (unpaired) electrons. The van der Waals surface area contributed by atoms with Gasteiger partial charge in [-0.2, -0.15) is 4.98 Å². The quantitative estimate of drug-likeness (QED) is 0.388. The lowest BCUT2D eigenvalue weighted by Crippen LogP contribution is -2.58. The highest BCUT2D eigenvalue weighted by molar-refractivity contribution is 6.35. The first kappa shape index (κ1) is 24.6. The van der Waals surface area contributed by atoms with Crippen LogP contribution in [0.15, 0.2) is 42.5 Å². The zero-order valence-electron chi connectivity index (χ0n) is 21.2. The Bertz CT molecular complexity index is 1550. The van der Waals surface area contributed by atoms with E-state index < -0.39 is 5.82 Å². The van der Waals surface area contributed by atoms with Crippen molar-refractivity contribution in [3.8, 4) is 16.9 Å². The van der Waals surface area contributed by atoms with Crippen LogP contribution in [0.5, 0.6) is 5.75 Å². The summed E-state index contributed by atoms with van der Waals surface area (Å²) in [6, 6.07) is 12.8. The Hall–Kier alpha value is -3.69. The molecule has 1 aromatic heterocycles. The summed E-state index contributed by atoms with van der Waals surface area (Å²) < 4.78 is 16.6. The number of phenolic OH excluding ortho intramolecular Hbond substituents is 1. The fourth-order valence-electron chi connectivity index (χ4n) is 5.28. The van der Waals surface area contributed by atoms with E-state index in [-0.39, 0.29) is 21.9 Å². The SMILES string of the molecule is CN(C)C1CN(c2nc(N3CCN(C=O)CC3)c3cc(Cl)c(-c4cc(O)cc5ccccc45)c(F)c3n2)C1. The number of carbonyl (C=O) groups is 1. The Morgan fingerprint density at radius 3 is 2.47 bits per heavy atom. The molecular formula is C28H28ClFN6O2. The highest BCUT2D eigenvalue weighted by atomic mass is 35.5. The normalized spacial score (nSPS) is 16.5. The van der Waals surface area contributed by atoms with Gasteiger partial charge in [0.15, 0.2) is 5.82 Å². The van der Waals surface area contributed by atoms with Gasteiger partial charge in [-0.05, 0) is 48.6 Å². The molecule has 1 N–H and O–H groups in total. The molecule has 196 valence electrons. The van der Waals surface area contributed by atoms with Gasteiger partial charge in [0, 0.05) is 56.3 Å². The number of likely N-dealkylation sites (N-methyl/N-ethyl adjacent to an activating group) is 1. The molecular weight excluding hydrogens is 507 g/mol. The van der Waals surface area contributed by atoms with E-state index >= 15 is 4.39 Å². The molecule has 2 aliphatic heterocycles. The fourth-order valence-corrected chi connectivity index (χ4v) is 5.58. The molecule has 3 aromatic carbocycles. The lowest BCUT2D eigenvalue weighted by Gasteiger charge is -2.43. The number of piperazine rings is 1. The highest BCUT2D eigenvalue weighted by Gasteiger charge is 2.32. The van der Waals surface area contributed by atoms with E-state index in [4.69, 9.17) is 21.6 Å². The van der Waals surface area contributed by atoms with Gasteiger partial charge >= 0.3 is 0 Å². The van der Waals surface area contributed by atoms with Crippen LogP contribution in [0.25, 0.3) is 32.8 Å². The van der Waals surface area contributed by atoms with Crippen molar-refractivity contribution in [1.29, 1.82) is 0 Å². The molecule has 2 aliphatic rings. The van der Waals surface area contributed by atoms with Crippen LogP contribution in [-0.4, -0.2) is 90.7 Å². The summed E-state index contributed by atoms with van der Waals surface area (Å²) in [5, 5.41) is 12.7. The van der Waals surface area contributed by atoms with Crippen molar-refractivity contribution in [3.63, 3.8) is 0 Å². The Morgan fingerprint density at radius 2 is 1.76 bits per heavy atom. The summed E-state index contributed by atoms with van der Waals surface area (Å²) in [6.07, 6.45) is 0.852. The molecule has 0 unspecified atom stereocenters. The van der Waals surface area contributed by atoms with E-state index in [0.29, 0.717) is 54.9 Å². The molecule has 2 saturated heterocycles. The number of fused-ring (bicyclic) bond motifs is 2. The number of phenols is 1. The Labute approximate surface area is 224 Å². The predicted octanol–water partition coefficient (Wildman–Crippen LogP) is 3.98. The standard InChI is InChI=1S/C28H28ClFN6O2/c1-33(2)18-14-36(15-18)28-31-26-22(27(32-28)35-9-7-34(16-37)8-10-35)13-23(29)24(25(26)30)21-12-19(38)11-17-5-3-4-6-20(17)21/h3-6,11-13,16,18,38H,7-10,14-15H2,1-2H3. The number of hydrogen-bond acceptors (Lipinski definition) is 7. The van der Waals surface area contributed by atoms with Gasteiger partial charge in [0.25, 0.3) is 0 Å². The first-order valence-electron chi connectivity index (χ1n) is 12.6. The van der Waals surface area contributed by atoms with Gasteiger partial charge in [0.1, 0.15) is 17.1 Å². The zero-order valence-corrected chi connectivity index (χ0v) is 22.0. The predicted molar refractivity (Wildman–Crippen MR) is 149 cm³/mol. The van der Waals surface area contributed by atoms with Gasteiger partial charge in [-0.25, -0.2) is 9.37 Å². The van der Waals surface area contributed by atoms with E-state index in [1.165, 1.54) is 6.07 Å². The number of halogens is 2. The molecule has 0 aliphatic carbocycles. The van der Waals surface area contributed by atoms with Crippen LogP contribution >= 0.6 is 11.6 Å². The molecule has 3 heterocycles. The monoisotopic (exact) mass is 534 g/mol. The second-order valence-corrected chi connectivity index (χ2v) is 10.6.